The molecule has 0 amide bonds. The fourth-order valence-corrected chi connectivity index (χ4v) is 4.28. The number of rotatable bonds is 10. The number of fused-ring (bicyclic) bond motifs is 3. The van der Waals surface area contributed by atoms with Crippen molar-refractivity contribution in [1.82, 2.24) is 19.2 Å². The van der Waals surface area contributed by atoms with Crippen molar-refractivity contribution < 1.29 is 9.47 Å². The number of para-hydroxylation sites is 1. The maximum Gasteiger partial charge on any atom is 0.262 e. The molecular weight excluding hydrogens is 412 g/mol. The van der Waals surface area contributed by atoms with Crippen molar-refractivity contribution >= 4 is 28.4 Å². The van der Waals surface area contributed by atoms with Crippen LogP contribution < -0.4 is 15.0 Å². The summed E-state index contributed by atoms with van der Waals surface area (Å²) in [6.07, 6.45) is 2.79. The molecule has 0 saturated carbocycles. The molecule has 8 heteroatoms. The molecule has 0 spiro atoms. The Kier molecular flexibility index (Phi) is 6.76. The summed E-state index contributed by atoms with van der Waals surface area (Å²) < 4.78 is 14.7. The van der Waals surface area contributed by atoms with Gasteiger partial charge in [0.05, 0.1) is 24.6 Å². The average Bonchev–Trinajstić information content (AvgIpc) is 3.23. The molecule has 0 saturated heterocycles. The van der Waals surface area contributed by atoms with Gasteiger partial charge in [-0.25, -0.2) is 0 Å². The lowest BCUT2D eigenvalue weighted by molar-refractivity contribution is 0.318. The van der Waals surface area contributed by atoms with E-state index in [-0.39, 0.29) is 5.56 Å². The van der Waals surface area contributed by atoms with Crippen LogP contribution in [0, 0.1) is 0 Å². The van der Waals surface area contributed by atoms with Crippen molar-refractivity contribution in [3.8, 4) is 11.5 Å². The highest BCUT2D eigenvalue weighted by molar-refractivity contribution is 7.99. The zero-order valence-electron chi connectivity index (χ0n) is 17.8. The van der Waals surface area contributed by atoms with Gasteiger partial charge in [-0.3, -0.25) is 13.8 Å². The van der Waals surface area contributed by atoms with E-state index in [1.807, 2.05) is 52.9 Å². The van der Waals surface area contributed by atoms with E-state index < -0.39 is 0 Å². The van der Waals surface area contributed by atoms with Gasteiger partial charge in [0, 0.05) is 12.3 Å². The van der Waals surface area contributed by atoms with E-state index in [2.05, 4.69) is 17.1 Å². The van der Waals surface area contributed by atoms with Crippen LogP contribution >= 0.6 is 11.8 Å². The molecule has 0 radical (unpaired) electrons. The quantitative estimate of drug-likeness (QED) is 0.270. The van der Waals surface area contributed by atoms with Gasteiger partial charge < -0.3 is 9.47 Å². The smallest absolute Gasteiger partial charge is 0.262 e. The first kappa shape index (κ1) is 21.2. The Bertz CT molecular complexity index is 1220. The Hall–Kier alpha value is -3.00. The lowest BCUT2D eigenvalue weighted by Crippen LogP contribution is -2.23. The molecule has 162 valence electrons. The van der Waals surface area contributed by atoms with Crippen LogP contribution in [0.4, 0.5) is 0 Å². The maximum atomic E-state index is 13.0. The summed E-state index contributed by atoms with van der Waals surface area (Å²) in [6.45, 7) is 3.36. The third kappa shape index (κ3) is 4.54. The van der Waals surface area contributed by atoms with E-state index in [9.17, 15) is 4.79 Å². The van der Waals surface area contributed by atoms with E-state index in [1.54, 1.807) is 23.4 Å². The largest absolute Gasteiger partial charge is 0.497 e. The molecule has 0 fully saturated rings. The van der Waals surface area contributed by atoms with Gasteiger partial charge in [0.2, 0.25) is 5.78 Å². The van der Waals surface area contributed by atoms with Crippen LogP contribution in [0.25, 0.3) is 16.7 Å². The van der Waals surface area contributed by atoms with Gasteiger partial charge in [-0.2, -0.15) is 0 Å². The highest BCUT2D eigenvalue weighted by atomic mass is 32.2. The van der Waals surface area contributed by atoms with Crippen molar-refractivity contribution in [3.05, 3.63) is 58.9 Å². The Balaban J connectivity index is 1.49. The second kappa shape index (κ2) is 9.87. The summed E-state index contributed by atoms with van der Waals surface area (Å²) in [4.78, 5) is 13.0. The fraction of sp³-hybridized carbons (Fsp3) is 0.348. The highest BCUT2D eigenvalue weighted by Gasteiger charge is 2.16. The average molecular weight is 439 g/mol. The molecule has 0 N–H and O–H groups in total. The normalized spacial score (nSPS) is 11.3. The van der Waals surface area contributed by atoms with Crippen LogP contribution in [-0.2, 0) is 6.54 Å². The highest BCUT2D eigenvalue weighted by Crippen LogP contribution is 2.23. The Labute approximate surface area is 185 Å². The summed E-state index contributed by atoms with van der Waals surface area (Å²) in [6, 6.07) is 15.2. The lowest BCUT2D eigenvalue weighted by Gasteiger charge is -2.11. The number of aromatic nitrogens is 4. The number of nitrogens with zero attached hydrogens (tertiary/aromatic N) is 4. The molecule has 0 aliphatic heterocycles. The second-order valence-corrected chi connectivity index (χ2v) is 8.23. The summed E-state index contributed by atoms with van der Waals surface area (Å²) in [5.74, 6) is 3.07. The summed E-state index contributed by atoms with van der Waals surface area (Å²) in [5, 5.41) is 10.2. The molecule has 0 atom stereocenters. The molecule has 7 nitrogen and oxygen atoms in total. The van der Waals surface area contributed by atoms with Crippen molar-refractivity contribution in [1.29, 1.82) is 0 Å². The van der Waals surface area contributed by atoms with Crippen LogP contribution in [0.1, 0.15) is 26.2 Å². The van der Waals surface area contributed by atoms with Crippen LogP contribution in [0.3, 0.4) is 0 Å². The molecule has 0 bridgehead atoms. The van der Waals surface area contributed by atoms with Crippen molar-refractivity contribution in [2.75, 3.05) is 19.5 Å². The number of hydrogen-bond donors (Lipinski definition) is 0. The molecule has 2 aromatic carbocycles. The number of hydrogen-bond acceptors (Lipinski definition) is 6. The molecule has 2 heterocycles. The molecule has 0 aliphatic rings. The number of thioether (sulfide) groups is 1. The summed E-state index contributed by atoms with van der Waals surface area (Å²) >= 11 is 1.63. The number of benzene rings is 2. The number of unbranched alkanes of at least 4 members (excludes halogenated alkanes) is 1. The van der Waals surface area contributed by atoms with E-state index in [1.165, 1.54) is 0 Å². The molecule has 0 aliphatic carbocycles. The van der Waals surface area contributed by atoms with Crippen LogP contribution in [0.15, 0.2) is 58.5 Å². The van der Waals surface area contributed by atoms with E-state index in [0.717, 1.165) is 47.2 Å². The van der Waals surface area contributed by atoms with Crippen molar-refractivity contribution in [2.45, 2.75) is 37.9 Å². The first-order valence-corrected chi connectivity index (χ1v) is 11.5. The molecule has 4 aromatic rings. The molecule has 31 heavy (non-hydrogen) atoms. The van der Waals surface area contributed by atoms with Gasteiger partial charge in [0.25, 0.3) is 5.56 Å². The first-order chi connectivity index (χ1) is 15.2. The number of ether oxygens (including phenoxy) is 2. The molecule has 4 rings (SSSR count). The molecule has 0 unspecified atom stereocenters. The first-order valence-electron chi connectivity index (χ1n) is 10.5. The Morgan fingerprint density at radius 1 is 1.00 bits per heavy atom. The summed E-state index contributed by atoms with van der Waals surface area (Å²) in [7, 11) is 1.65. The van der Waals surface area contributed by atoms with Crippen LogP contribution in [0.5, 0.6) is 11.5 Å². The minimum absolute atomic E-state index is 0.00612. The zero-order valence-corrected chi connectivity index (χ0v) is 18.6. The minimum Gasteiger partial charge on any atom is -0.497 e. The van der Waals surface area contributed by atoms with Crippen LogP contribution in [-0.4, -0.2) is 38.6 Å². The van der Waals surface area contributed by atoms with Gasteiger partial charge in [-0.1, -0.05) is 37.2 Å². The van der Waals surface area contributed by atoms with Crippen molar-refractivity contribution in [3.63, 3.8) is 0 Å². The minimum atomic E-state index is -0.00612. The molecule has 2 aromatic heterocycles. The third-order valence-corrected chi connectivity index (χ3v) is 6.08. The van der Waals surface area contributed by atoms with E-state index in [4.69, 9.17) is 9.47 Å². The van der Waals surface area contributed by atoms with Gasteiger partial charge in [-0.05, 0) is 49.2 Å². The Morgan fingerprint density at radius 3 is 2.55 bits per heavy atom. The van der Waals surface area contributed by atoms with E-state index in [0.29, 0.717) is 24.3 Å². The summed E-state index contributed by atoms with van der Waals surface area (Å²) in [5.41, 5.74) is 0.839. The SMILES string of the molecule is CCCCn1c(=O)c2ccccc2n2c(SCCCOc3ccc(OC)cc3)nnc12. The standard InChI is InChI=1S/C23H26N4O3S/c1-3-4-14-26-21(28)19-8-5-6-9-20(19)27-22(26)24-25-23(27)31-16-7-15-30-18-12-10-17(29-2)11-13-18/h5-6,8-13H,3-4,7,14-16H2,1-2H3. The number of methoxy groups -OCH3 is 1. The maximum absolute atomic E-state index is 13.0. The third-order valence-electron chi connectivity index (χ3n) is 5.06. The second-order valence-electron chi connectivity index (χ2n) is 7.17. The lowest BCUT2D eigenvalue weighted by atomic mass is 10.2. The van der Waals surface area contributed by atoms with E-state index >= 15 is 0 Å². The fourth-order valence-electron chi connectivity index (χ4n) is 3.43. The van der Waals surface area contributed by atoms with Crippen molar-refractivity contribution in [2.24, 2.45) is 0 Å². The van der Waals surface area contributed by atoms with Gasteiger partial charge in [0.1, 0.15) is 11.5 Å². The van der Waals surface area contributed by atoms with Gasteiger partial charge >= 0.3 is 0 Å². The monoisotopic (exact) mass is 438 g/mol. The van der Waals surface area contributed by atoms with Gasteiger partial charge in [0.15, 0.2) is 5.16 Å². The predicted octanol–water partition coefficient (Wildman–Crippen LogP) is 4.41. The van der Waals surface area contributed by atoms with Crippen LogP contribution in [0.2, 0.25) is 0 Å². The topological polar surface area (TPSA) is 70.7 Å². The predicted molar refractivity (Wildman–Crippen MR) is 123 cm³/mol. The van der Waals surface area contributed by atoms with Gasteiger partial charge in [-0.15, -0.1) is 10.2 Å². The molecular formula is C23H26N4O3S. The zero-order chi connectivity index (χ0) is 21.6. The Morgan fingerprint density at radius 2 is 1.77 bits per heavy atom. The number of aryl methyl sites for hydroxylation is 1.